The maximum absolute atomic E-state index is 12.5. The molecule has 1 atom stereocenters. The van der Waals surface area contributed by atoms with Gasteiger partial charge in [-0.1, -0.05) is 6.07 Å². The number of piperidine rings is 1. The lowest BCUT2D eigenvalue weighted by molar-refractivity contribution is -0.126. The van der Waals surface area contributed by atoms with E-state index in [1.165, 1.54) is 19.3 Å². The minimum absolute atomic E-state index is 0.0688. The summed E-state index contributed by atoms with van der Waals surface area (Å²) in [6, 6.07) is 5.80. The first-order chi connectivity index (χ1) is 13.1. The van der Waals surface area contributed by atoms with Gasteiger partial charge in [-0.05, 0) is 82.9 Å². The van der Waals surface area contributed by atoms with Crippen molar-refractivity contribution in [3.05, 3.63) is 23.8 Å². The number of nitrogens with one attached hydrogen (secondary N) is 2. The highest BCUT2D eigenvalue weighted by Crippen LogP contribution is 2.27. The SMILES string of the molecule is CNCCC1CCN(C(C)C(=O)NCCc2ccc(OC)c(OC)c2)CC1. The molecule has 1 aromatic carbocycles. The molecule has 1 aliphatic rings. The van der Waals surface area contributed by atoms with Crippen LogP contribution in [0.15, 0.2) is 18.2 Å². The third kappa shape index (κ3) is 6.40. The van der Waals surface area contributed by atoms with Crippen molar-refractivity contribution in [1.82, 2.24) is 15.5 Å². The van der Waals surface area contributed by atoms with Crippen LogP contribution in [0.4, 0.5) is 0 Å². The molecule has 2 rings (SSSR count). The van der Waals surface area contributed by atoms with Crippen molar-refractivity contribution >= 4 is 5.91 Å². The monoisotopic (exact) mass is 377 g/mol. The molecule has 1 aromatic rings. The van der Waals surface area contributed by atoms with Gasteiger partial charge in [-0.3, -0.25) is 9.69 Å². The second-order valence-electron chi connectivity index (χ2n) is 7.28. The Kier molecular flexibility index (Phi) is 8.88. The Hall–Kier alpha value is -1.79. The number of likely N-dealkylation sites (tertiary alicyclic amines) is 1. The Balaban J connectivity index is 1.74. The molecule has 0 aliphatic carbocycles. The number of methoxy groups -OCH3 is 2. The number of rotatable bonds is 10. The minimum atomic E-state index is -0.0688. The molecule has 0 saturated carbocycles. The normalized spacial score (nSPS) is 16.7. The summed E-state index contributed by atoms with van der Waals surface area (Å²) in [5.74, 6) is 2.34. The summed E-state index contributed by atoms with van der Waals surface area (Å²) in [4.78, 5) is 14.8. The fourth-order valence-electron chi connectivity index (χ4n) is 3.66. The van der Waals surface area contributed by atoms with Crippen LogP contribution in [-0.4, -0.2) is 64.3 Å². The summed E-state index contributed by atoms with van der Waals surface area (Å²) in [7, 11) is 5.26. The zero-order chi connectivity index (χ0) is 19.6. The first-order valence-corrected chi connectivity index (χ1v) is 9.96. The van der Waals surface area contributed by atoms with Crippen molar-refractivity contribution in [3.63, 3.8) is 0 Å². The molecule has 1 heterocycles. The smallest absolute Gasteiger partial charge is 0.237 e. The van der Waals surface area contributed by atoms with E-state index >= 15 is 0 Å². The number of benzene rings is 1. The first-order valence-electron chi connectivity index (χ1n) is 9.96. The van der Waals surface area contributed by atoms with Crippen LogP contribution in [0.25, 0.3) is 0 Å². The Morgan fingerprint density at radius 2 is 1.89 bits per heavy atom. The van der Waals surface area contributed by atoms with E-state index in [9.17, 15) is 4.79 Å². The van der Waals surface area contributed by atoms with E-state index in [-0.39, 0.29) is 11.9 Å². The van der Waals surface area contributed by atoms with Crippen LogP contribution in [0, 0.1) is 5.92 Å². The fourth-order valence-corrected chi connectivity index (χ4v) is 3.66. The first kappa shape index (κ1) is 21.5. The van der Waals surface area contributed by atoms with Gasteiger partial charge in [-0.15, -0.1) is 0 Å². The Bertz CT molecular complexity index is 586. The van der Waals surface area contributed by atoms with Gasteiger partial charge in [-0.2, -0.15) is 0 Å². The van der Waals surface area contributed by atoms with Gasteiger partial charge >= 0.3 is 0 Å². The molecule has 1 fully saturated rings. The van der Waals surface area contributed by atoms with Crippen LogP contribution in [0.1, 0.15) is 31.7 Å². The Morgan fingerprint density at radius 1 is 1.19 bits per heavy atom. The molecule has 0 bridgehead atoms. The zero-order valence-electron chi connectivity index (χ0n) is 17.2. The summed E-state index contributed by atoms with van der Waals surface area (Å²) in [5.41, 5.74) is 1.12. The summed E-state index contributed by atoms with van der Waals surface area (Å²) >= 11 is 0. The van der Waals surface area contributed by atoms with E-state index in [2.05, 4.69) is 15.5 Å². The lowest BCUT2D eigenvalue weighted by Crippen LogP contribution is -2.48. The molecule has 1 amide bonds. The molecule has 0 spiro atoms. The van der Waals surface area contributed by atoms with Crippen LogP contribution in [0.2, 0.25) is 0 Å². The maximum Gasteiger partial charge on any atom is 0.237 e. The van der Waals surface area contributed by atoms with Crippen molar-refractivity contribution in [3.8, 4) is 11.5 Å². The highest BCUT2D eigenvalue weighted by molar-refractivity contribution is 5.81. The molecule has 1 saturated heterocycles. The van der Waals surface area contributed by atoms with Gasteiger partial charge in [0.1, 0.15) is 0 Å². The van der Waals surface area contributed by atoms with Crippen molar-refractivity contribution in [2.45, 2.75) is 38.6 Å². The molecular weight excluding hydrogens is 342 g/mol. The number of carbonyl (C=O) groups is 1. The number of amides is 1. The van der Waals surface area contributed by atoms with Gasteiger partial charge in [0.15, 0.2) is 11.5 Å². The van der Waals surface area contributed by atoms with E-state index in [1.54, 1.807) is 14.2 Å². The van der Waals surface area contributed by atoms with Crippen molar-refractivity contribution in [1.29, 1.82) is 0 Å². The summed E-state index contributed by atoms with van der Waals surface area (Å²) in [5, 5.41) is 6.30. The molecule has 27 heavy (non-hydrogen) atoms. The molecule has 0 aromatic heterocycles. The van der Waals surface area contributed by atoms with Crippen molar-refractivity contribution in [2.75, 3.05) is 47.4 Å². The number of nitrogens with zero attached hydrogens (tertiary/aromatic N) is 1. The summed E-state index contributed by atoms with van der Waals surface area (Å²) < 4.78 is 10.6. The second-order valence-corrected chi connectivity index (χ2v) is 7.28. The number of hydrogen-bond donors (Lipinski definition) is 2. The van der Waals surface area contributed by atoms with Crippen LogP contribution >= 0.6 is 0 Å². The van der Waals surface area contributed by atoms with Crippen LogP contribution < -0.4 is 20.1 Å². The molecule has 1 unspecified atom stereocenters. The number of hydrogen-bond acceptors (Lipinski definition) is 5. The predicted octanol–water partition coefficient (Wildman–Crippen LogP) is 2.07. The highest BCUT2D eigenvalue weighted by Gasteiger charge is 2.26. The van der Waals surface area contributed by atoms with Gasteiger partial charge < -0.3 is 20.1 Å². The summed E-state index contributed by atoms with van der Waals surface area (Å²) in [6.45, 7) is 5.74. The van der Waals surface area contributed by atoms with Crippen LogP contribution in [-0.2, 0) is 11.2 Å². The van der Waals surface area contributed by atoms with Crippen molar-refractivity contribution < 1.29 is 14.3 Å². The van der Waals surface area contributed by atoms with E-state index < -0.39 is 0 Å². The van der Waals surface area contributed by atoms with Gasteiger partial charge in [-0.25, -0.2) is 0 Å². The third-order valence-corrected chi connectivity index (χ3v) is 5.54. The zero-order valence-corrected chi connectivity index (χ0v) is 17.2. The van der Waals surface area contributed by atoms with Crippen LogP contribution in [0.3, 0.4) is 0 Å². The van der Waals surface area contributed by atoms with Gasteiger partial charge in [0.2, 0.25) is 5.91 Å². The standard InChI is InChI=1S/C21H35N3O3/c1-16(24-13-9-17(10-14-24)7-11-22-2)21(25)23-12-8-18-5-6-19(26-3)20(15-18)27-4/h5-6,15-17,22H,7-14H2,1-4H3,(H,23,25). The minimum Gasteiger partial charge on any atom is -0.493 e. The number of carbonyl (C=O) groups excluding carboxylic acids is 1. The van der Waals surface area contributed by atoms with Gasteiger partial charge in [0, 0.05) is 6.54 Å². The molecule has 152 valence electrons. The third-order valence-electron chi connectivity index (χ3n) is 5.54. The van der Waals surface area contributed by atoms with E-state index in [0.717, 1.165) is 49.0 Å². The average molecular weight is 378 g/mol. The van der Waals surface area contributed by atoms with Crippen LogP contribution in [0.5, 0.6) is 11.5 Å². The van der Waals surface area contributed by atoms with Gasteiger partial charge in [0.05, 0.1) is 20.3 Å². The highest BCUT2D eigenvalue weighted by atomic mass is 16.5. The maximum atomic E-state index is 12.5. The molecule has 6 heteroatoms. The van der Waals surface area contributed by atoms with E-state index in [1.807, 2.05) is 32.2 Å². The molecular formula is C21H35N3O3. The molecule has 6 nitrogen and oxygen atoms in total. The molecule has 0 radical (unpaired) electrons. The average Bonchev–Trinajstić information content (AvgIpc) is 2.71. The van der Waals surface area contributed by atoms with E-state index in [0.29, 0.717) is 6.54 Å². The Morgan fingerprint density at radius 3 is 2.52 bits per heavy atom. The van der Waals surface area contributed by atoms with E-state index in [4.69, 9.17) is 9.47 Å². The molecule has 2 N–H and O–H groups in total. The predicted molar refractivity (Wildman–Crippen MR) is 109 cm³/mol. The number of ether oxygens (including phenoxy) is 2. The quantitative estimate of drug-likeness (QED) is 0.654. The summed E-state index contributed by atoms with van der Waals surface area (Å²) in [6.07, 6.45) is 4.37. The van der Waals surface area contributed by atoms with Gasteiger partial charge in [0.25, 0.3) is 0 Å². The second kappa shape index (κ2) is 11.1. The fraction of sp³-hybridized carbons (Fsp3) is 0.667. The largest absolute Gasteiger partial charge is 0.493 e. The molecule has 1 aliphatic heterocycles. The van der Waals surface area contributed by atoms with Crippen molar-refractivity contribution in [2.24, 2.45) is 5.92 Å². The Labute approximate surface area is 163 Å². The lowest BCUT2D eigenvalue weighted by Gasteiger charge is -2.35. The topological polar surface area (TPSA) is 62.8 Å². The lowest BCUT2D eigenvalue weighted by atomic mass is 9.93.